The van der Waals surface area contributed by atoms with Crippen LogP contribution in [0.1, 0.15) is 18.1 Å². The lowest BCUT2D eigenvalue weighted by Gasteiger charge is -2.34. The van der Waals surface area contributed by atoms with Crippen LogP contribution in [0.5, 0.6) is 0 Å². The third-order valence-corrected chi connectivity index (χ3v) is 7.49. The van der Waals surface area contributed by atoms with Crippen LogP contribution in [0.2, 0.25) is 0 Å². The average molecular weight is 421 g/mol. The van der Waals surface area contributed by atoms with Gasteiger partial charge in [-0.1, -0.05) is 6.07 Å². The van der Waals surface area contributed by atoms with Crippen LogP contribution >= 0.6 is 0 Å². The van der Waals surface area contributed by atoms with Crippen LogP contribution in [-0.2, 0) is 14.8 Å². The van der Waals surface area contributed by atoms with Gasteiger partial charge in [0, 0.05) is 5.69 Å². The first-order chi connectivity index (χ1) is 13.7. The first-order valence-electron chi connectivity index (χ1n) is 9.67. The van der Waals surface area contributed by atoms with Gasteiger partial charge in [0.1, 0.15) is 5.82 Å². The summed E-state index contributed by atoms with van der Waals surface area (Å²) in [4.78, 5) is 13.8. The molecule has 0 unspecified atom stereocenters. The molecule has 6 nitrogen and oxygen atoms in total. The molecule has 3 rings (SSSR count). The number of carbonyl (C=O) groups excluding carboxylic acids is 1. The molecule has 2 N–H and O–H groups in total. The summed E-state index contributed by atoms with van der Waals surface area (Å²) in [7, 11) is -3.54. The molecule has 0 aliphatic carbocycles. The molecule has 2 aromatic rings. The maximum atomic E-state index is 13.0. The Morgan fingerprint density at radius 1 is 1.07 bits per heavy atom. The van der Waals surface area contributed by atoms with Crippen molar-refractivity contribution >= 4 is 21.6 Å². The smallest absolute Gasteiger partial charge is 0.282 e. The SMILES string of the molecule is Cc1ccc(S(=O)(=O)N2CC[NH+]([C@H](C)C(=O)Nc3ccc(F)cc3)CC2)cc1C. The van der Waals surface area contributed by atoms with Gasteiger partial charge in [0.25, 0.3) is 5.91 Å². The molecule has 0 radical (unpaired) electrons. The van der Waals surface area contributed by atoms with E-state index in [0.29, 0.717) is 36.8 Å². The Morgan fingerprint density at radius 3 is 2.28 bits per heavy atom. The predicted octanol–water partition coefficient (Wildman–Crippen LogP) is 1.36. The first-order valence-corrected chi connectivity index (χ1v) is 11.1. The molecule has 1 aliphatic rings. The molecule has 1 aliphatic heterocycles. The van der Waals surface area contributed by atoms with Crippen LogP contribution < -0.4 is 10.2 Å². The number of carbonyl (C=O) groups is 1. The summed E-state index contributed by atoms with van der Waals surface area (Å²) in [5.41, 5.74) is 2.54. The highest BCUT2D eigenvalue weighted by Gasteiger charge is 2.34. The molecule has 1 fully saturated rings. The van der Waals surface area contributed by atoms with Crippen LogP contribution in [0.3, 0.4) is 0 Å². The molecule has 8 heteroatoms. The van der Waals surface area contributed by atoms with E-state index in [4.69, 9.17) is 0 Å². The second-order valence-electron chi connectivity index (χ2n) is 7.53. The summed E-state index contributed by atoms with van der Waals surface area (Å²) in [5, 5.41) is 2.79. The quantitative estimate of drug-likeness (QED) is 0.767. The lowest BCUT2D eigenvalue weighted by Crippen LogP contribution is -3.19. The number of hydrogen-bond donors (Lipinski definition) is 2. The van der Waals surface area contributed by atoms with Crippen molar-refractivity contribution in [2.45, 2.75) is 31.7 Å². The molecule has 0 saturated carbocycles. The monoisotopic (exact) mass is 420 g/mol. The summed E-state index contributed by atoms with van der Waals surface area (Å²) in [6.07, 6.45) is 0. The molecule has 2 aromatic carbocycles. The summed E-state index contributed by atoms with van der Waals surface area (Å²) in [5.74, 6) is -0.528. The highest BCUT2D eigenvalue weighted by Crippen LogP contribution is 2.19. The summed E-state index contributed by atoms with van der Waals surface area (Å²) >= 11 is 0. The van der Waals surface area contributed by atoms with E-state index in [9.17, 15) is 17.6 Å². The standard InChI is InChI=1S/C21H26FN3O3S/c1-15-4-9-20(14-16(15)2)29(27,28)25-12-10-24(11-13-25)17(3)21(26)23-19-7-5-18(22)6-8-19/h4-9,14,17H,10-13H2,1-3H3,(H,23,26)/p+1/t17-/m1/s1. The van der Waals surface area contributed by atoms with Gasteiger partial charge in [0.2, 0.25) is 10.0 Å². The van der Waals surface area contributed by atoms with E-state index in [0.717, 1.165) is 16.0 Å². The Hall–Kier alpha value is -2.29. The third-order valence-electron chi connectivity index (χ3n) is 5.60. The van der Waals surface area contributed by atoms with Crippen molar-refractivity contribution in [2.75, 3.05) is 31.5 Å². The minimum Gasteiger partial charge on any atom is -0.323 e. The Morgan fingerprint density at radius 2 is 1.69 bits per heavy atom. The Bertz CT molecular complexity index is 985. The molecule has 1 atom stereocenters. The zero-order valence-corrected chi connectivity index (χ0v) is 17.7. The average Bonchev–Trinajstić information content (AvgIpc) is 2.71. The number of rotatable bonds is 5. The molecule has 1 amide bonds. The fourth-order valence-corrected chi connectivity index (χ4v) is 4.97. The maximum Gasteiger partial charge on any atom is 0.282 e. The van der Waals surface area contributed by atoms with Crippen LogP contribution in [-0.4, -0.2) is 50.9 Å². The third kappa shape index (κ3) is 4.83. The second-order valence-corrected chi connectivity index (χ2v) is 9.46. The van der Waals surface area contributed by atoms with Crippen LogP contribution in [0.25, 0.3) is 0 Å². The lowest BCUT2D eigenvalue weighted by atomic mass is 10.1. The highest BCUT2D eigenvalue weighted by atomic mass is 32.2. The fourth-order valence-electron chi connectivity index (χ4n) is 3.44. The van der Waals surface area contributed by atoms with Crippen molar-refractivity contribution in [3.8, 4) is 0 Å². The van der Waals surface area contributed by atoms with E-state index in [2.05, 4.69) is 5.32 Å². The Labute approximate surface area is 171 Å². The number of benzene rings is 2. The fraction of sp³-hybridized carbons (Fsp3) is 0.381. The highest BCUT2D eigenvalue weighted by molar-refractivity contribution is 7.89. The van der Waals surface area contributed by atoms with Gasteiger partial charge in [-0.05, 0) is 68.3 Å². The topological polar surface area (TPSA) is 70.9 Å². The molecule has 156 valence electrons. The molecule has 1 saturated heterocycles. The molecule has 0 aromatic heterocycles. The van der Waals surface area contributed by atoms with Gasteiger partial charge in [-0.2, -0.15) is 4.31 Å². The van der Waals surface area contributed by atoms with E-state index < -0.39 is 10.0 Å². The number of amides is 1. The number of aryl methyl sites for hydroxylation is 2. The number of nitrogens with zero attached hydrogens (tertiary/aromatic N) is 1. The van der Waals surface area contributed by atoms with Gasteiger partial charge in [-0.25, -0.2) is 12.8 Å². The Kier molecular flexibility index (Phi) is 6.36. The zero-order valence-electron chi connectivity index (χ0n) is 16.9. The molecular weight excluding hydrogens is 393 g/mol. The first kappa shape index (κ1) is 21.4. The molecule has 29 heavy (non-hydrogen) atoms. The second kappa shape index (κ2) is 8.61. The van der Waals surface area contributed by atoms with E-state index in [1.54, 1.807) is 12.1 Å². The number of sulfonamides is 1. The van der Waals surface area contributed by atoms with Gasteiger partial charge >= 0.3 is 0 Å². The number of piperazine rings is 1. The minimum atomic E-state index is -3.54. The van der Waals surface area contributed by atoms with E-state index in [-0.39, 0.29) is 17.8 Å². The van der Waals surface area contributed by atoms with Gasteiger partial charge in [-0.15, -0.1) is 0 Å². The van der Waals surface area contributed by atoms with Gasteiger partial charge in [-0.3, -0.25) is 4.79 Å². The van der Waals surface area contributed by atoms with Gasteiger partial charge < -0.3 is 10.2 Å². The van der Waals surface area contributed by atoms with Crippen LogP contribution in [0.15, 0.2) is 47.4 Å². The molecule has 0 spiro atoms. The summed E-state index contributed by atoms with van der Waals surface area (Å²) < 4.78 is 40.4. The number of halogens is 1. The minimum absolute atomic E-state index is 0.169. The summed E-state index contributed by atoms with van der Waals surface area (Å²) in [6, 6.07) is 10.5. The largest absolute Gasteiger partial charge is 0.323 e. The number of hydrogen-bond acceptors (Lipinski definition) is 3. The molecule has 1 heterocycles. The van der Waals surface area contributed by atoms with Crippen molar-refractivity contribution in [1.82, 2.24) is 4.31 Å². The lowest BCUT2D eigenvalue weighted by molar-refractivity contribution is -0.917. The number of anilines is 1. The van der Waals surface area contributed by atoms with E-state index in [1.165, 1.54) is 28.6 Å². The van der Waals surface area contributed by atoms with Crippen LogP contribution in [0.4, 0.5) is 10.1 Å². The van der Waals surface area contributed by atoms with E-state index in [1.807, 2.05) is 26.8 Å². The van der Waals surface area contributed by atoms with Crippen LogP contribution in [0, 0.1) is 19.7 Å². The molecular formula is C21H27FN3O3S+. The number of quaternary nitrogens is 1. The Balaban J connectivity index is 1.61. The van der Waals surface area contributed by atoms with Crippen molar-refractivity contribution in [1.29, 1.82) is 0 Å². The molecule has 0 bridgehead atoms. The van der Waals surface area contributed by atoms with Crippen molar-refractivity contribution in [3.63, 3.8) is 0 Å². The van der Waals surface area contributed by atoms with Crippen molar-refractivity contribution in [2.24, 2.45) is 0 Å². The van der Waals surface area contributed by atoms with Crippen molar-refractivity contribution < 1.29 is 22.5 Å². The zero-order chi connectivity index (χ0) is 21.2. The maximum absolute atomic E-state index is 13.0. The number of nitrogens with one attached hydrogen (secondary N) is 2. The summed E-state index contributed by atoms with van der Waals surface area (Å²) in [6.45, 7) is 7.48. The van der Waals surface area contributed by atoms with Gasteiger partial charge in [0.05, 0.1) is 31.1 Å². The predicted molar refractivity (Wildman–Crippen MR) is 110 cm³/mol. The van der Waals surface area contributed by atoms with E-state index >= 15 is 0 Å². The van der Waals surface area contributed by atoms with Gasteiger partial charge in [0.15, 0.2) is 6.04 Å². The van der Waals surface area contributed by atoms with Crippen molar-refractivity contribution in [3.05, 3.63) is 59.4 Å². The normalized spacial score (nSPS) is 17.1.